The number of nitrogens with zero attached hydrogens (tertiary/aromatic N) is 1. The van der Waals surface area contributed by atoms with Gasteiger partial charge in [0.15, 0.2) is 0 Å². The molecule has 2 heterocycles. The molecule has 1 aromatic heterocycles. The Kier molecular flexibility index (Phi) is 3.09. The molecular weight excluding hydrogens is 198 g/mol. The summed E-state index contributed by atoms with van der Waals surface area (Å²) in [5.74, 6) is 1.06. The highest BCUT2D eigenvalue weighted by atomic mass is 16.5. The van der Waals surface area contributed by atoms with Gasteiger partial charge in [0.1, 0.15) is 5.75 Å². The third-order valence-corrected chi connectivity index (χ3v) is 2.79. The van der Waals surface area contributed by atoms with Gasteiger partial charge in [-0.15, -0.1) is 0 Å². The van der Waals surface area contributed by atoms with Crippen LogP contribution < -0.4 is 4.74 Å². The number of aryl methyl sites for hydroxylation is 1. The van der Waals surface area contributed by atoms with Crippen LogP contribution in [0, 0.1) is 6.92 Å². The number of ether oxygens (including phenoxy) is 1. The Morgan fingerprint density at radius 1 is 1.12 bits per heavy atom. The Morgan fingerprint density at radius 2 is 1.94 bits per heavy atom. The summed E-state index contributed by atoms with van der Waals surface area (Å²) in [7, 11) is 0. The predicted octanol–water partition coefficient (Wildman–Crippen LogP) is 3.50. The average Bonchev–Trinajstić information content (AvgIpc) is 2.80. The number of hydrogen-bond acceptors (Lipinski definition) is 2. The molecule has 1 aliphatic rings. The Balaban J connectivity index is 0.000000457. The summed E-state index contributed by atoms with van der Waals surface area (Å²) in [6.45, 7) is 6.85. The maximum absolute atomic E-state index is 5.64. The van der Waals surface area contributed by atoms with Crippen molar-refractivity contribution in [3.63, 3.8) is 0 Å². The van der Waals surface area contributed by atoms with E-state index in [1.807, 2.05) is 33.0 Å². The van der Waals surface area contributed by atoms with E-state index in [0.29, 0.717) is 0 Å². The molecule has 0 aliphatic carbocycles. The minimum Gasteiger partial charge on any atom is -0.492 e. The van der Waals surface area contributed by atoms with Crippen LogP contribution in [-0.2, 0) is 6.42 Å². The van der Waals surface area contributed by atoms with Gasteiger partial charge in [0.25, 0.3) is 0 Å². The zero-order valence-electron chi connectivity index (χ0n) is 10.1. The van der Waals surface area contributed by atoms with Crippen molar-refractivity contribution in [1.82, 2.24) is 4.98 Å². The molecule has 16 heavy (non-hydrogen) atoms. The van der Waals surface area contributed by atoms with Crippen LogP contribution in [0.4, 0.5) is 0 Å². The monoisotopic (exact) mass is 215 g/mol. The lowest BCUT2D eigenvalue weighted by Crippen LogP contribution is -1.88. The van der Waals surface area contributed by atoms with Gasteiger partial charge in [0.05, 0.1) is 6.61 Å². The summed E-state index contributed by atoms with van der Waals surface area (Å²) in [5, 5.41) is 2.40. The summed E-state index contributed by atoms with van der Waals surface area (Å²) in [5.41, 5.74) is 2.39. The Hall–Kier alpha value is -1.57. The summed E-state index contributed by atoms with van der Waals surface area (Å²) < 4.78 is 5.64. The van der Waals surface area contributed by atoms with E-state index in [1.165, 1.54) is 16.3 Å². The molecule has 2 heteroatoms. The number of pyridine rings is 1. The van der Waals surface area contributed by atoms with E-state index in [2.05, 4.69) is 17.1 Å². The quantitative estimate of drug-likeness (QED) is 0.671. The van der Waals surface area contributed by atoms with Crippen molar-refractivity contribution >= 4 is 10.8 Å². The Bertz CT molecular complexity index is 505. The van der Waals surface area contributed by atoms with Gasteiger partial charge in [-0.1, -0.05) is 26.0 Å². The number of fused-ring (bicyclic) bond motifs is 3. The Labute approximate surface area is 96.3 Å². The number of benzene rings is 1. The molecule has 0 saturated carbocycles. The molecule has 1 aromatic carbocycles. The fourth-order valence-electron chi connectivity index (χ4n) is 2.05. The molecule has 3 rings (SSSR count). The maximum atomic E-state index is 5.64. The van der Waals surface area contributed by atoms with Crippen LogP contribution in [0.5, 0.6) is 5.75 Å². The van der Waals surface area contributed by atoms with Gasteiger partial charge in [-0.25, -0.2) is 0 Å². The second-order valence-electron chi connectivity index (χ2n) is 3.64. The molecular formula is C14H17NO. The minimum atomic E-state index is 0.815. The first-order chi connectivity index (χ1) is 7.86. The minimum absolute atomic E-state index is 0.815. The molecule has 0 spiro atoms. The number of aromatic nitrogens is 1. The second-order valence-corrected chi connectivity index (χ2v) is 3.64. The van der Waals surface area contributed by atoms with Crippen molar-refractivity contribution in [2.75, 3.05) is 6.61 Å². The van der Waals surface area contributed by atoms with Crippen molar-refractivity contribution < 1.29 is 4.74 Å². The van der Waals surface area contributed by atoms with E-state index in [0.717, 1.165) is 24.5 Å². The number of hydrogen-bond donors (Lipinski definition) is 0. The first-order valence-corrected chi connectivity index (χ1v) is 5.86. The van der Waals surface area contributed by atoms with Gasteiger partial charge in [-0.2, -0.15) is 0 Å². The van der Waals surface area contributed by atoms with E-state index < -0.39 is 0 Å². The molecule has 2 nitrogen and oxygen atoms in total. The van der Waals surface area contributed by atoms with Gasteiger partial charge >= 0.3 is 0 Å². The van der Waals surface area contributed by atoms with Crippen LogP contribution in [-0.4, -0.2) is 11.6 Å². The molecule has 0 bridgehead atoms. The van der Waals surface area contributed by atoms with Crippen molar-refractivity contribution in [1.29, 1.82) is 0 Å². The molecule has 0 fully saturated rings. The fourth-order valence-corrected chi connectivity index (χ4v) is 2.05. The second kappa shape index (κ2) is 4.52. The first-order valence-electron chi connectivity index (χ1n) is 5.86. The first kappa shape index (κ1) is 10.9. The van der Waals surface area contributed by atoms with Crippen LogP contribution in [0.2, 0.25) is 0 Å². The lowest BCUT2D eigenvalue weighted by atomic mass is 10.0. The van der Waals surface area contributed by atoms with Crippen molar-refractivity contribution in [3.05, 3.63) is 35.7 Å². The molecule has 0 saturated heterocycles. The van der Waals surface area contributed by atoms with Crippen LogP contribution in [0.3, 0.4) is 0 Å². The van der Waals surface area contributed by atoms with E-state index in [-0.39, 0.29) is 0 Å². The normalized spacial score (nSPS) is 12.7. The lowest BCUT2D eigenvalue weighted by Gasteiger charge is -2.05. The molecule has 0 N–H and O–H groups in total. The van der Waals surface area contributed by atoms with Gasteiger partial charge in [-0.3, -0.25) is 4.98 Å². The highest BCUT2D eigenvalue weighted by molar-refractivity contribution is 5.91. The van der Waals surface area contributed by atoms with E-state index >= 15 is 0 Å². The van der Waals surface area contributed by atoms with Crippen molar-refractivity contribution in [2.24, 2.45) is 0 Å². The van der Waals surface area contributed by atoms with Gasteiger partial charge in [-0.05, 0) is 18.6 Å². The molecule has 0 unspecified atom stereocenters. The fraction of sp³-hybridized carbons (Fsp3) is 0.357. The summed E-state index contributed by atoms with van der Waals surface area (Å²) >= 11 is 0. The highest BCUT2D eigenvalue weighted by Crippen LogP contribution is 2.34. The van der Waals surface area contributed by atoms with Crippen LogP contribution in [0.15, 0.2) is 24.4 Å². The average molecular weight is 215 g/mol. The third kappa shape index (κ3) is 1.64. The molecule has 84 valence electrons. The topological polar surface area (TPSA) is 22.1 Å². The predicted molar refractivity (Wildman–Crippen MR) is 67.0 cm³/mol. The standard InChI is InChI=1S/C12H11NO.C2H6/c1-8-10-3-2-9-5-7-14-12(9)11(10)4-6-13-8;1-2/h2-4,6H,5,7H2,1H3;1-2H3. The Morgan fingerprint density at radius 3 is 2.75 bits per heavy atom. The van der Waals surface area contributed by atoms with Gasteiger partial charge < -0.3 is 4.74 Å². The highest BCUT2D eigenvalue weighted by Gasteiger charge is 2.15. The lowest BCUT2D eigenvalue weighted by molar-refractivity contribution is 0.360. The molecule has 0 amide bonds. The largest absolute Gasteiger partial charge is 0.492 e. The zero-order valence-corrected chi connectivity index (χ0v) is 10.1. The van der Waals surface area contributed by atoms with Crippen LogP contribution >= 0.6 is 0 Å². The molecule has 1 aliphatic heterocycles. The smallest absolute Gasteiger partial charge is 0.130 e. The van der Waals surface area contributed by atoms with E-state index in [9.17, 15) is 0 Å². The molecule has 2 aromatic rings. The van der Waals surface area contributed by atoms with Gasteiger partial charge in [0.2, 0.25) is 0 Å². The summed E-state index contributed by atoms with van der Waals surface area (Å²) in [4.78, 5) is 4.28. The van der Waals surface area contributed by atoms with Crippen LogP contribution in [0.25, 0.3) is 10.8 Å². The van der Waals surface area contributed by atoms with Gasteiger partial charge in [0, 0.05) is 29.1 Å². The van der Waals surface area contributed by atoms with E-state index in [1.54, 1.807) is 0 Å². The molecule has 0 atom stereocenters. The third-order valence-electron chi connectivity index (χ3n) is 2.79. The van der Waals surface area contributed by atoms with E-state index in [4.69, 9.17) is 4.74 Å². The number of rotatable bonds is 0. The summed E-state index contributed by atoms with van der Waals surface area (Å²) in [6.07, 6.45) is 2.88. The van der Waals surface area contributed by atoms with Crippen molar-refractivity contribution in [3.8, 4) is 5.75 Å². The SMILES string of the molecule is CC.Cc1nccc2c3c(ccc12)CCO3. The zero-order chi connectivity index (χ0) is 11.5. The van der Waals surface area contributed by atoms with Crippen molar-refractivity contribution in [2.45, 2.75) is 27.2 Å². The molecule has 0 radical (unpaired) electrons. The maximum Gasteiger partial charge on any atom is 0.130 e. The van der Waals surface area contributed by atoms with Crippen LogP contribution in [0.1, 0.15) is 25.1 Å². The summed E-state index contributed by atoms with van der Waals surface area (Å²) in [6, 6.07) is 6.33.